The van der Waals surface area contributed by atoms with Gasteiger partial charge in [0, 0.05) is 28.5 Å². The van der Waals surface area contributed by atoms with Crippen LogP contribution < -0.4 is 4.57 Å². The first-order valence-electron chi connectivity index (χ1n) is 7.97. The molecule has 0 aliphatic rings. The van der Waals surface area contributed by atoms with Gasteiger partial charge in [-0.1, -0.05) is 63.2 Å². The lowest BCUT2D eigenvalue weighted by Crippen LogP contribution is -2.44. The first kappa shape index (κ1) is 15.4. The highest BCUT2D eigenvalue weighted by atomic mass is 16.1. The van der Waals surface area contributed by atoms with Crippen molar-refractivity contribution in [1.82, 2.24) is 0 Å². The number of carbonyl (C=O) groups excluding carboxylic acids is 1. The quantitative estimate of drug-likeness (QED) is 0.519. The molecule has 0 N–H and O–H groups in total. The molecule has 0 saturated heterocycles. The molecule has 2 heteroatoms. The average Bonchev–Trinajstić information content (AvgIpc) is 2.55. The van der Waals surface area contributed by atoms with E-state index in [2.05, 4.69) is 28.8 Å². The predicted octanol–water partition coefficient (Wildman–Crippen LogP) is 4.40. The van der Waals surface area contributed by atoms with Gasteiger partial charge >= 0.3 is 0 Å². The minimum absolute atomic E-state index is 0.166. The molecule has 116 valence electrons. The maximum Gasteiger partial charge on any atom is 0.249 e. The minimum atomic E-state index is -0.402. The predicted molar refractivity (Wildman–Crippen MR) is 93.5 cm³/mol. The molecule has 0 fully saturated rings. The van der Waals surface area contributed by atoms with Crippen LogP contribution in [-0.2, 0) is 6.54 Å². The normalized spacial score (nSPS) is 11.6. The van der Waals surface area contributed by atoms with Gasteiger partial charge in [0.15, 0.2) is 6.54 Å². The van der Waals surface area contributed by atoms with E-state index in [9.17, 15) is 4.79 Å². The highest BCUT2D eigenvalue weighted by Gasteiger charge is 2.31. The van der Waals surface area contributed by atoms with Crippen LogP contribution in [0.2, 0.25) is 0 Å². The van der Waals surface area contributed by atoms with E-state index in [1.165, 1.54) is 5.56 Å². The average molecular weight is 304 g/mol. The van der Waals surface area contributed by atoms with Crippen molar-refractivity contribution in [3.63, 3.8) is 0 Å². The lowest BCUT2D eigenvalue weighted by molar-refractivity contribution is -0.664. The fourth-order valence-corrected chi connectivity index (χ4v) is 2.78. The van der Waals surface area contributed by atoms with Crippen molar-refractivity contribution in [2.75, 3.05) is 0 Å². The number of rotatable bonds is 3. The first-order valence-corrected chi connectivity index (χ1v) is 7.97. The number of hydrogen-bond donors (Lipinski definition) is 0. The van der Waals surface area contributed by atoms with Gasteiger partial charge < -0.3 is 0 Å². The van der Waals surface area contributed by atoms with E-state index in [1.54, 1.807) is 0 Å². The smallest absolute Gasteiger partial charge is 0.249 e. The number of pyridine rings is 1. The van der Waals surface area contributed by atoms with Crippen LogP contribution in [0.3, 0.4) is 0 Å². The summed E-state index contributed by atoms with van der Waals surface area (Å²) in [7, 11) is 0. The monoisotopic (exact) mass is 304 g/mol. The Kier molecular flexibility index (Phi) is 3.99. The molecule has 0 saturated carbocycles. The molecule has 0 unspecified atom stereocenters. The minimum Gasteiger partial charge on any atom is -0.287 e. The summed E-state index contributed by atoms with van der Waals surface area (Å²) < 4.78 is 2.14. The van der Waals surface area contributed by atoms with Crippen LogP contribution in [0.25, 0.3) is 10.9 Å². The topological polar surface area (TPSA) is 20.9 Å². The van der Waals surface area contributed by atoms with Gasteiger partial charge in [-0.15, -0.1) is 0 Å². The Hall–Kier alpha value is -2.48. The molecule has 1 aromatic heterocycles. The molecule has 23 heavy (non-hydrogen) atoms. The molecule has 0 radical (unpaired) electrons. The van der Waals surface area contributed by atoms with Crippen LogP contribution in [0.1, 0.15) is 36.8 Å². The van der Waals surface area contributed by atoms with Gasteiger partial charge in [-0.2, -0.15) is 4.57 Å². The van der Waals surface area contributed by atoms with Gasteiger partial charge in [0.25, 0.3) is 0 Å². The number of benzene rings is 2. The lowest BCUT2D eigenvalue weighted by atomic mass is 9.88. The Morgan fingerprint density at radius 1 is 0.870 bits per heavy atom. The largest absolute Gasteiger partial charge is 0.287 e. The molecule has 0 amide bonds. The Labute approximate surface area is 137 Å². The third-order valence-corrected chi connectivity index (χ3v) is 4.04. The zero-order chi connectivity index (χ0) is 16.4. The molecule has 2 aromatic carbocycles. The number of para-hydroxylation sites is 1. The Morgan fingerprint density at radius 3 is 2.22 bits per heavy atom. The third-order valence-electron chi connectivity index (χ3n) is 4.04. The van der Waals surface area contributed by atoms with Crippen molar-refractivity contribution in [3.05, 3.63) is 78.0 Å². The molecule has 0 bridgehead atoms. The second-order valence-electron chi connectivity index (χ2n) is 6.93. The van der Waals surface area contributed by atoms with Gasteiger partial charge in [0.1, 0.15) is 0 Å². The van der Waals surface area contributed by atoms with Crippen molar-refractivity contribution >= 4 is 16.7 Å². The molecule has 0 aliphatic heterocycles. The Bertz CT molecular complexity index is 845. The number of ketones is 1. The summed E-state index contributed by atoms with van der Waals surface area (Å²) in [6, 6.07) is 22.5. The van der Waals surface area contributed by atoms with Crippen LogP contribution in [0, 0.1) is 5.41 Å². The van der Waals surface area contributed by atoms with E-state index >= 15 is 0 Å². The van der Waals surface area contributed by atoms with Crippen LogP contribution in [0.4, 0.5) is 0 Å². The summed E-state index contributed by atoms with van der Waals surface area (Å²) in [5, 5.41) is 1.15. The summed E-state index contributed by atoms with van der Waals surface area (Å²) in [5.74, 6) is 0.166. The van der Waals surface area contributed by atoms with Gasteiger partial charge in [-0.3, -0.25) is 4.79 Å². The maximum atomic E-state index is 12.9. The van der Waals surface area contributed by atoms with Gasteiger partial charge in [-0.25, -0.2) is 0 Å². The van der Waals surface area contributed by atoms with E-state index in [0.29, 0.717) is 6.54 Å². The second-order valence-corrected chi connectivity index (χ2v) is 6.93. The molecule has 0 spiro atoms. The molecule has 2 nitrogen and oxygen atoms in total. The Morgan fingerprint density at radius 2 is 1.52 bits per heavy atom. The summed E-state index contributed by atoms with van der Waals surface area (Å²) in [6.45, 7) is 6.60. The summed E-state index contributed by atoms with van der Waals surface area (Å²) in [4.78, 5) is 12.9. The second kappa shape index (κ2) is 5.96. The van der Waals surface area contributed by atoms with Crippen molar-refractivity contribution in [1.29, 1.82) is 0 Å². The summed E-state index contributed by atoms with van der Waals surface area (Å²) >= 11 is 0. The highest BCUT2D eigenvalue weighted by molar-refractivity contribution is 5.97. The first-order chi connectivity index (χ1) is 11.0. The molecule has 3 aromatic rings. The van der Waals surface area contributed by atoms with Gasteiger partial charge in [0.2, 0.25) is 17.0 Å². The Balaban J connectivity index is 2.20. The standard InChI is InChI=1S/C21H22NO/c1-21(2,3)20(23)19-14-13-17-11-7-8-12-18(17)22(19)15-16-9-5-4-6-10-16/h4-14H,15H2,1-3H3/q+1. The van der Waals surface area contributed by atoms with E-state index in [0.717, 1.165) is 16.6 Å². The molecule has 3 rings (SSSR count). The molecular formula is C21H22NO+. The van der Waals surface area contributed by atoms with Gasteiger partial charge in [-0.05, 0) is 12.1 Å². The molecule has 0 aliphatic carbocycles. The van der Waals surface area contributed by atoms with E-state index < -0.39 is 5.41 Å². The number of carbonyl (C=O) groups is 1. The van der Waals surface area contributed by atoms with E-state index in [1.807, 2.05) is 63.2 Å². The van der Waals surface area contributed by atoms with E-state index in [4.69, 9.17) is 0 Å². The number of aromatic nitrogens is 1. The molecule has 0 atom stereocenters. The fourth-order valence-electron chi connectivity index (χ4n) is 2.78. The zero-order valence-electron chi connectivity index (χ0n) is 13.9. The number of hydrogen-bond acceptors (Lipinski definition) is 1. The SMILES string of the molecule is CC(C)(C)C(=O)c1ccc2ccccc2[n+]1Cc1ccccc1. The lowest BCUT2D eigenvalue weighted by Gasteiger charge is -2.16. The van der Waals surface area contributed by atoms with Crippen LogP contribution >= 0.6 is 0 Å². The van der Waals surface area contributed by atoms with Crippen LogP contribution in [0.15, 0.2) is 66.7 Å². The van der Waals surface area contributed by atoms with E-state index in [-0.39, 0.29) is 5.78 Å². The summed E-state index contributed by atoms with van der Waals surface area (Å²) in [6.07, 6.45) is 0. The number of fused-ring (bicyclic) bond motifs is 1. The summed E-state index contributed by atoms with van der Waals surface area (Å²) in [5.41, 5.74) is 2.64. The van der Waals surface area contributed by atoms with Crippen molar-refractivity contribution in [2.45, 2.75) is 27.3 Å². The van der Waals surface area contributed by atoms with Crippen molar-refractivity contribution in [3.8, 4) is 0 Å². The van der Waals surface area contributed by atoms with Gasteiger partial charge in [0.05, 0.1) is 0 Å². The van der Waals surface area contributed by atoms with Crippen molar-refractivity contribution in [2.24, 2.45) is 5.41 Å². The van der Waals surface area contributed by atoms with Crippen molar-refractivity contribution < 1.29 is 9.36 Å². The highest BCUT2D eigenvalue weighted by Crippen LogP contribution is 2.21. The third kappa shape index (κ3) is 3.16. The zero-order valence-corrected chi connectivity index (χ0v) is 13.9. The maximum absolute atomic E-state index is 12.9. The molecular weight excluding hydrogens is 282 g/mol. The van der Waals surface area contributed by atoms with Crippen LogP contribution in [0.5, 0.6) is 0 Å². The fraction of sp³-hybridized carbons (Fsp3) is 0.238. The number of Topliss-reactive ketones (excluding diaryl/α,β-unsaturated/α-hetero) is 1. The molecule has 1 heterocycles. The number of nitrogens with zero attached hydrogens (tertiary/aromatic N) is 1. The van der Waals surface area contributed by atoms with Crippen LogP contribution in [-0.4, -0.2) is 5.78 Å².